The van der Waals surface area contributed by atoms with E-state index in [0.717, 1.165) is 32.0 Å². The summed E-state index contributed by atoms with van der Waals surface area (Å²) in [6.07, 6.45) is 4.63. The van der Waals surface area contributed by atoms with Crippen LogP contribution in [0.3, 0.4) is 0 Å². The SMILES string of the molecule is CC1CC(NCC(O)COCC2CC2)CCO1. The quantitative estimate of drug-likeness (QED) is 0.698. The molecule has 100 valence electrons. The van der Waals surface area contributed by atoms with Crippen LogP contribution in [0.1, 0.15) is 32.6 Å². The second kappa shape index (κ2) is 6.69. The summed E-state index contributed by atoms with van der Waals surface area (Å²) in [7, 11) is 0. The largest absolute Gasteiger partial charge is 0.389 e. The smallest absolute Gasteiger partial charge is 0.0897 e. The first-order valence-corrected chi connectivity index (χ1v) is 6.85. The molecule has 0 bridgehead atoms. The summed E-state index contributed by atoms with van der Waals surface area (Å²) < 4.78 is 11.0. The second-order valence-corrected chi connectivity index (χ2v) is 5.45. The number of hydrogen-bond donors (Lipinski definition) is 2. The molecule has 0 radical (unpaired) electrons. The van der Waals surface area contributed by atoms with Crippen molar-refractivity contribution in [1.29, 1.82) is 0 Å². The van der Waals surface area contributed by atoms with E-state index in [0.29, 0.717) is 25.3 Å². The first-order valence-electron chi connectivity index (χ1n) is 6.85. The van der Waals surface area contributed by atoms with E-state index in [1.807, 2.05) is 0 Å². The Hall–Kier alpha value is -0.160. The predicted octanol–water partition coefficient (Wildman–Crippen LogP) is 0.931. The molecule has 1 aliphatic carbocycles. The molecule has 1 saturated heterocycles. The van der Waals surface area contributed by atoms with Crippen molar-refractivity contribution in [3.8, 4) is 0 Å². The Labute approximate surface area is 104 Å². The number of rotatable bonds is 7. The third-order valence-corrected chi connectivity index (χ3v) is 3.49. The van der Waals surface area contributed by atoms with E-state index in [-0.39, 0.29) is 6.10 Å². The molecule has 0 aromatic heterocycles. The molecule has 3 atom stereocenters. The normalized spacial score (nSPS) is 31.4. The molecule has 4 heteroatoms. The summed E-state index contributed by atoms with van der Waals surface area (Å²) >= 11 is 0. The highest BCUT2D eigenvalue weighted by Gasteiger charge is 2.22. The topological polar surface area (TPSA) is 50.7 Å². The average molecular weight is 243 g/mol. The molecule has 1 aliphatic heterocycles. The zero-order chi connectivity index (χ0) is 12.1. The van der Waals surface area contributed by atoms with Crippen LogP contribution in [0.15, 0.2) is 0 Å². The van der Waals surface area contributed by atoms with Gasteiger partial charge in [-0.2, -0.15) is 0 Å². The van der Waals surface area contributed by atoms with Crippen molar-refractivity contribution < 1.29 is 14.6 Å². The zero-order valence-corrected chi connectivity index (χ0v) is 10.7. The molecular weight excluding hydrogens is 218 g/mol. The Morgan fingerprint density at radius 1 is 1.41 bits per heavy atom. The van der Waals surface area contributed by atoms with Crippen molar-refractivity contribution in [3.05, 3.63) is 0 Å². The predicted molar refractivity (Wildman–Crippen MR) is 66.0 cm³/mol. The molecule has 2 aliphatic rings. The summed E-state index contributed by atoms with van der Waals surface area (Å²) in [5.41, 5.74) is 0. The Bertz CT molecular complexity index is 221. The van der Waals surface area contributed by atoms with Gasteiger partial charge in [0, 0.05) is 25.8 Å². The molecule has 1 heterocycles. The minimum atomic E-state index is -0.382. The molecule has 2 fully saturated rings. The van der Waals surface area contributed by atoms with E-state index in [9.17, 15) is 5.11 Å². The van der Waals surface area contributed by atoms with Crippen LogP contribution in [0, 0.1) is 5.92 Å². The van der Waals surface area contributed by atoms with E-state index in [1.54, 1.807) is 0 Å². The minimum absolute atomic E-state index is 0.338. The van der Waals surface area contributed by atoms with E-state index in [1.165, 1.54) is 12.8 Å². The van der Waals surface area contributed by atoms with Gasteiger partial charge in [-0.05, 0) is 38.5 Å². The summed E-state index contributed by atoms with van der Waals surface area (Å²) in [6, 6.07) is 0.483. The molecule has 0 spiro atoms. The van der Waals surface area contributed by atoms with Gasteiger partial charge in [-0.15, -0.1) is 0 Å². The van der Waals surface area contributed by atoms with E-state index < -0.39 is 0 Å². The first kappa shape index (κ1) is 13.3. The van der Waals surface area contributed by atoms with E-state index in [4.69, 9.17) is 9.47 Å². The Kier molecular flexibility index (Phi) is 5.22. The monoisotopic (exact) mass is 243 g/mol. The van der Waals surface area contributed by atoms with Gasteiger partial charge >= 0.3 is 0 Å². The number of nitrogens with one attached hydrogen (secondary N) is 1. The van der Waals surface area contributed by atoms with Crippen molar-refractivity contribution in [1.82, 2.24) is 5.32 Å². The van der Waals surface area contributed by atoms with Gasteiger partial charge in [0.25, 0.3) is 0 Å². The van der Waals surface area contributed by atoms with Crippen LogP contribution < -0.4 is 5.32 Å². The maximum atomic E-state index is 9.76. The fourth-order valence-corrected chi connectivity index (χ4v) is 2.20. The average Bonchev–Trinajstić information content (AvgIpc) is 3.11. The highest BCUT2D eigenvalue weighted by atomic mass is 16.5. The van der Waals surface area contributed by atoms with Gasteiger partial charge in [-0.25, -0.2) is 0 Å². The summed E-state index contributed by atoms with van der Waals surface area (Å²) in [5, 5.41) is 13.2. The molecule has 0 aromatic carbocycles. The number of aliphatic hydroxyl groups excluding tert-OH is 1. The Balaban J connectivity index is 1.50. The van der Waals surface area contributed by atoms with Crippen LogP contribution in [-0.4, -0.2) is 49.7 Å². The first-order chi connectivity index (χ1) is 8.24. The standard InChI is InChI=1S/C13H25NO3/c1-10-6-12(4-5-17-10)14-7-13(15)9-16-8-11-2-3-11/h10-15H,2-9H2,1H3. The number of ether oxygens (including phenoxy) is 2. The van der Waals surface area contributed by atoms with Crippen molar-refractivity contribution in [2.24, 2.45) is 5.92 Å². The molecule has 4 nitrogen and oxygen atoms in total. The molecule has 3 unspecified atom stereocenters. The van der Waals surface area contributed by atoms with Crippen LogP contribution in [-0.2, 0) is 9.47 Å². The van der Waals surface area contributed by atoms with Gasteiger partial charge in [-0.3, -0.25) is 0 Å². The van der Waals surface area contributed by atoms with Crippen molar-refractivity contribution >= 4 is 0 Å². The van der Waals surface area contributed by atoms with Crippen LogP contribution >= 0.6 is 0 Å². The van der Waals surface area contributed by atoms with Gasteiger partial charge < -0.3 is 19.9 Å². The third kappa shape index (κ3) is 5.34. The minimum Gasteiger partial charge on any atom is -0.389 e. The Morgan fingerprint density at radius 2 is 2.24 bits per heavy atom. The number of hydrogen-bond acceptors (Lipinski definition) is 4. The highest BCUT2D eigenvalue weighted by molar-refractivity contribution is 4.76. The molecule has 2 N–H and O–H groups in total. The van der Waals surface area contributed by atoms with Crippen molar-refractivity contribution in [2.75, 3.05) is 26.4 Å². The molecule has 17 heavy (non-hydrogen) atoms. The van der Waals surface area contributed by atoms with Gasteiger partial charge in [0.2, 0.25) is 0 Å². The number of aliphatic hydroxyl groups is 1. The lowest BCUT2D eigenvalue weighted by molar-refractivity contribution is 0.00383. The second-order valence-electron chi connectivity index (χ2n) is 5.45. The van der Waals surface area contributed by atoms with Crippen LogP contribution in [0.25, 0.3) is 0 Å². The molecular formula is C13H25NO3. The lowest BCUT2D eigenvalue weighted by Gasteiger charge is -2.28. The van der Waals surface area contributed by atoms with Gasteiger partial charge in [-0.1, -0.05) is 0 Å². The Morgan fingerprint density at radius 3 is 2.94 bits per heavy atom. The van der Waals surface area contributed by atoms with Gasteiger partial charge in [0.1, 0.15) is 0 Å². The maximum Gasteiger partial charge on any atom is 0.0897 e. The summed E-state index contributed by atoms with van der Waals surface area (Å²) in [4.78, 5) is 0. The van der Waals surface area contributed by atoms with E-state index in [2.05, 4.69) is 12.2 Å². The van der Waals surface area contributed by atoms with Crippen LogP contribution in [0.4, 0.5) is 0 Å². The van der Waals surface area contributed by atoms with Crippen LogP contribution in [0.2, 0.25) is 0 Å². The van der Waals surface area contributed by atoms with Gasteiger partial charge in [0.05, 0.1) is 18.8 Å². The summed E-state index contributed by atoms with van der Waals surface area (Å²) in [6.45, 7) is 4.84. The van der Waals surface area contributed by atoms with Crippen molar-refractivity contribution in [2.45, 2.75) is 50.9 Å². The molecule has 0 amide bonds. The maximum absolute atomic E-state index is 9.76. The van der Waals surface area contributed by atoms with Crippen molar-refractivity contribution in [3.63, 3.8) is 0 Å². The molecule has 0 aromatic rings. The fourth-order valence-electron chi connectivity index (χ4n) is 2.20. The van der Waals surface area contributed by atoms with E-state index >= 15 is 0 Å². The third-order valence-electron chi connectivity index (χ3n) is 3.49. The zero-order valence-electron chi connectivity index (χ0n) is 10.7. The lowest BCUT2D eigenvalue weighted by Crippen LogP contribution is -2.42. The fraction of sp³-hybridized carbons (Fsp3) is 1.00. The van der Waals surface area contributed by atoms with Crippen LogP contribution in [0.5, 0.6) is 0 Å². The molecule has 2 rings (SSSR count). The highest BCUT2D eigenvalue weighted by Crippen LogP contribution is 2.28. The van der Waals surface area contributed by atoms with Gasteiger partial charge in [0.15, 0.2) is 0 Å². The lowest BCUT2D eigenvalue weighted by atomic mass is 10.0. The molecule has 1 saturated carbocycles. The summed E-state index contributed by atoms with van der Waals surface area (Å²) in [5.74, 6) is 0.770.